The van der Waals surface area contributed by atoms with Gasteiger partial charge in [0.2, 0.25) is 0 Å². The van der Waals surface area contributed by atoms with Gasteiger partial charge in [0.1, 0.15) is 17.5 Å². The van der Waals surface area contributed by atoms with Gasteiger partial charge in [-0.15, -0.1) is 0 Å². The Kier molecular flexibility index (Phi) is 7.03. The molecule has 0 saturated heterocycles. The van der Waals surface area contributed by atoms with Crippen molar-refractivity contribution in [2.45, 2.75) is 19.4 Å². The SMILES string of the molecule is CCOc1ccc(OCC(=O)N[C@@H](CCO)C(=O)O)cc1. The number of benzene rings is 1. The minimum atomic E-state index is -1.20. The summed E-state index contributed by atoms with van der Waals surface area (Å²) in [7, 11) is 0. The number of aliphatic hydroxyl groups is 1. The molecule has 0 fully saturated rings. The molecule has 0 bridgehead atoms. The van der Waals surface area contributed by atoms with Crippen molar-refractivity contribution in [1.82, 2.24) is 5.32 Å². The molecule has 1 amide bonds. The molecule has 7 nitrogen and oxygen atoms in total. The Morgan fingerprint density at radius 1 is 1.19 bits per heavy atom. The normalized spacial score (nSPS) is 11.5. The highest BCUT2D eigenvalue weighted by atomic mass is 16.5. The summed E-state index contributed by atoms with van der Waals surface area (Å²) < 4.78 is 10.5. The van der Waals surface area contributed by atoms with Gasteiger partial charge < -0.3 is 25.0 Å². The van der Waals surface area contributed by atoms with Crippen LogP contribution in [0, 0.1) is 0 Å². The van der Waals surface area contributed by atoms with E-state index >= 15 is 0 Å². The minimum absolute atomic E-state index is 0.0515. The number of aliphatic carboxylic acids is 1. The highest BCUT2D eigenvalue weighted by Crippen LogP contribution is 2.17. The van der Waals surface area contributed by atoms with Gasteiger partial charge in [-0.05, 0) is 31.2 Å². The second-order valence-corrected chi connectivity index (χ2v) is 4.16. The smallest absolute Gasteiger partial charge is 0.326 e. The van der Waals surface area contributed by atoms with Gasteiger partial charge in [-0.2, -0.15) is 0 Å². The summed E-state index contributed by atoms with van der Waals surface area (Å²) >= 11 is 0. The number of hydrogen-bond acceptors (Lipinski definition) is 5. The molecule has 7 heteroatoms. The maximum absolute atomic E-state index is 11.6. The van der Waals surface area contributed by atoms with Gasteiger partial charge in [-0.3, -0.25) is 4.79 Å². The standard InChI is InChI=1S/C14H19NO6/c1-2-20-10-3-5-11(6-4-10)21-9-13(17)15-12(7-8-16)14(18)19/h3-6,12,16H,2,7-9H2,1H3,(H,15,17)(H,18,19)/t12-/m0/s1. The lowest BCUT2D eigenvalue weighted by Crippen LogP contribution is -2.43. The van der Waals surface area contributed by atoms with Crippen molar-refractivity contribution in [3.05, 3.63) is 24.3 Å². The van der Waals surface area contributed by atoms with Crippen molar-refractivity contribution in [2.75, 3.05) is 19.8 Å². The Balaban J connectivity index is 2.43. The second kappa shape index (κ2) is 8.80. The van der Waals surface area contributed by atoms with E-state index in [4.69, 9.17) is 19.7 Å². The Bertz CT molecular complexity index is 459. The maximum Gasteiger partial charge on any atom is 0.326 e. The number of nitrogens with one attached hydrogen (secondary N) is 1. The van der Waals surface area contributed by atoms with Crippen molar-refractivity contribution >= 4 is 11.9 Å². The molecule has 0 aliphatic heterocycles. The van der Waals surface area contributed by atoms with Crippen molar-refractivity contribution in [2.24, 2.45) is 0 Å². The number of carbonyl (C=O) groups excluding carboxylic acids is 1. The van der Waals surface area contributed by atoms with Gasteiger partial charge in [-0.1, -0.05) is 0 Å². The molecule has 0 heterocycles. The maximum atomic E-state index is 11.6. The van der Waals surface area contributed by atoms with Crippen LogP contribution in [0.3, 0.4) is 0 Å². The van der Waals surface area contributed by atoms with Crippen LogP contribution in [0.2, 0.25) is 0 Å². The van der Waals surface area contributed by atoms with E-state index < -0.39 is 17.9 Å². The van der Waals surface area contributed by atoms with Crippen molar-refractivity contribution in [3.63, 3.8) is 0 Å². The molecule has 0 aromatic heterocycles. The predicted molar refractivity (Wildman–Crippen MR) is 74.4 cm³/mol. The zero-order valence-corrected chi connectivity index (χ0v) is 11.7. The molecule has 0 spiro atoms. The molecule has 1 aromatic carbocycles. The Hall–Kier alpha value is -2.28. The van der Waals surface area contributed by atoms with Gasteiger partial charge in [0.05, 0.1) is 6.61 Å². The first kappa shape index (κ1) is 16.8. The Morgan fingerprint density at radius 3 is 2.24 bits per heavy atom. The number of hydrogen-bond donors (Lipinski definition) is 3. The first-order valence-corrected chi connectivity index (χ1v) is 6.55. The zero-order chi connectivity index (χ0) is 15.7. The van der Waals surface area contributed by atoms with Crippen LogP contribution in [-0.2, 0) is 9.59 Å². The van der Waals surface area contributed by atoms with E-state index in [0.29, 0.717) is 18.1 Å². The molecule has 0 radical (unpaired) electrons. The molecule has 21 heavy (non-hydrogen) atoms. The third-order valence-electron chi connectivity index (χ3n) is 2.56. The van der Waals surface area contributed by atoms with Crippen LogP contribution in [0.4, 0.5) is 0 Å². The summed E-state index contributed by atoms with van der Waals surface area (Å²) in [5.74, 6) is -0.589. The molecule has 0 aliphatic carbocycles. The second-order valence-electron chi connectivity index (χ2n) is 4.16. The van der Waals surface area contributed by atoms with Gasteiger partial charge in [0, 0.05) is 13.0 Å². The van der Waals surface area contributed by atoms with Crippen LogP contribution in [0.25, 0.3) is 0 Å². The van der Waals surface area contributed by atoms with E-state index in [2.05, 4.69) is 5.32 Å². The Morgan fingerprint density at radius 2 is 1.76 bits per heavy atom. The number of rotatable bonds is 9. The summed E-state index contributed by atoms with van der Waals surface area (Å²) in [5, 5.41) is 19.8. The number of carboxylic acid groups (broad SMARTS) is 1. The Labute approximate surface area is 122 Å². The number of amides is 1. The summed E-state index contributed by atoms with van der Waals surface area (Å²) in [6.07, 6.45) is -0.0515. The molecular formula is C14H19NO6. The summed E-state index contributed by atoms with van der Waals surface area (Å²) in [4.78, 5) is 22.4. The van der Waals surface area contributed by atoms with E-state index in [9.17, 15) is 9.59 Å². The lowest BCUT2D eigenvalue weighted by molar-refractivity contribution is -0.142. The van der Waals surface area contributed by atoms with Crippen LogP contribution in [0.5, 0.6) is 11.5 Å². The lowest BCUT2D eigenvalue weighted by Gasteiger charge is -2.13. The summed E-state index contributed by atoms with van der Waals surface area (Å²) in [6.45, 7) is 1.81. The van der Waals surface area contributed by atoms with Crippen molar-refractivity contribution in [1.29, 1.82) is 0 Å². The van der Waals surface area contributed by atoms with Gasteiger partial charge in [0.25, 0.3) is 5.91 Å². The number of aliphatic hydroxyl groups excluding tert-OH is 1. The van der Waals surface area contributed by atoms with Crippen LogP contribution in [0.15, 0.2) is 24.3 Å². The fourth-order valence-electron chi connectivity index (χ4n) is 1.57. The topological polar surface area (TPSA) is 105 Å². The first-order valence-electron chi connectivity index (χ1n) is 6.55. The molecular weight excluding hydrogens is 278 g/mol. The summed E-state index contributed by atoms with van der Waals surface area (Å²) in [6, 6.07) is 5.61. The molecule has 1 aromatic rings. The average Bonchev–Trinajstić information content (AvgIpc) is 2.46. The quantitative estimate of drug-likeness (QED) is 0.610. The lowest BCUT2D eigenvalue weighted by atomic mass is 10.2. The molecule has 0 aliphatic rings. The van der Waals surface area contributed by atoms with Crippen LogP contribution < -0.4 is 14.8 Å². The van der Waals surface area contributed by atoms with E-state index in [0.717, 1.165) is 0 Å². The third kappa shape index (κ3) is 6.13. The fraction of sp³-hybridized carbons (Fsp3) is 0.429. The molecule has 1 atom stereocenters. The minimum Gasteiger partial charge on any atom is -0.494 e. The molecule has 0 unspecified atom stereocenters. The van der Waals surface area contributed by atoms with Gasteiger partial charge in [0.15, 0.2) is 6.61 Å². The van der Waals surface area contributed by atoms with Gasteiger partial charge >= 0.3 is 5.97 Å². The highest BCUT2D eigenvalue weighted by Gasteiger charge is 2.19. The van der Waals surface area contributed by atoms with E-state index in [1.54, 1.807) is 24.3 Å². The first-order chi connectivity index (χ1) is 10.1. The highest BCUT2D eigenvalue weighted by molar-refractivity contribution is 5.84. The largest absolute Gasteiger partial charge is 0.494 e. The number of carbonyl (C=O) groups is 2. The van der Waals surface area contributed by atoms with Crippen LogP contribution in [0.1, 0.15) is 13.3 Å². The van der Waals surface area contributed by atoms with Crippen molar-refractivity contribution in [3.8, 4) is 11.5 Å². The van der Waals surface area contributed by atoms with Crippen molar-refractivity contribution < 1.29 is 29.3 Å². The molecule has 1 rings (SSSR count). The average molecular weight is 297 g/mol. The fourth-order valence-corrected chi connectivity index (χ4v) is 1.57. The number of carboxylic acids is 1. The van der Waals surface area contributed by atoms with E-state index in [1.165, 1.54) is 0 Å². The molecule has 3 N–H and O–H groups in total. The molecule has 0 saturated carbocycles. The zero-order valence-electron chi connectivity index (χ0n) is 11.7. The monoisotopic (exact) mass is 297 g/mol. The number of ether oxygens (including phenoxy) is 2. The summed E-state index contributed by atoms with van der Waals surface area (Å²) in [5.41, 5.74) is 0. The molecule has 116 valence electrons. The van der Waals surface area contributed by atoms with E-state index in [-0.39, 0.29) is 19.6 Å². The van der Waals surface area contributed by atoms with Crippen LogP contribution >= 0.6 is 0 Å². The van der Waals surface area contributed by atoms with Crippen LogP contribution in [-0.4, -0.2) is 48.0 Å². The predicted octanol–water partition coefficient (Wildman–Crippen LogP) is 0.416. The third-order valence-corrected chi connectivity index (χ3v) is 2.56. The van der Waals surface area contributed by atoms with Gasteiger partial charge in [-0.25, -0.2) is 4.79 Å². The van der Waals surface area contributed by atoms with E-state index in [1.807, 2.05) is 6.92 Å².